The van der Waals surface area contributed by atoms with Crippen molar-refractivity contribution in [1.29, 1.82) is 0 Å². The van der Waals surface area contributed by atoms with Crippen LogP contribution in [0.3, 0.4) is 0 Å². The molecule has 0 aliphatic rings. The van der Waals surface area contributed by atoms with Gasteiger partial charge in [-0.1, -0.05) is 5.57 Å². The van der Waals surface area contributed by atoms with Crippen molar-refractivity contribution in [2.75, 3.05) is 0 Å². The van der Waals surface area contributed by atoms with Gasteiger partial charge in [-0.3, -0.25) is 9.48 Å². The molecule has 4 heteroatoms. The van der Waals surface area contributed by atoms with Crippen LogP contribution in [-0.2, 0) is 0 Å². The van der Waals surface area contributed by atoms with Gasteiger partial charge in [0.15, 0.2) is 0 Å². The minimum absolute atomic E-state index is 0.00641. The molecular formula is C11H15BrN2O. The molecule has 0 aliphatic heterocycles. The van der Waals surface area contributed by atoms with Gasteiger partial charge in [0.1, 0.15) is 5.69 Å². The number of aromatic nitrogens is 2. The number of carbonyl (C=O) groups is 1. The molecule has 1 aromatic rings. The number of carbonyl (C=O) groups excluding carboxylic acids is 1. The van der Waals surface area contributed by atoms with Crippen LogP contribution in [0.5, 0.6) is 0 Å². The molecule has 0 saturated heterocycles. The SMILES string of the molecule is CC(C)=CC(=O)c1c(Br)cnn1C(C)C. The monoisotopic (exact) mass is 270 g/mol. The highest BCUT2D eigenvalue weighted by Crippen LogP contribution is 2.20. The average molecular weight is 271 g/mol. The Balaban J connectivity index is 3.18. The number of hydrogen-bond acceptors (Lipinski definition) is 2. The van der Waals surface area contributed by atoms with Gasteiger partial charge < -0.3 is 0 Å². The van der Waals surface area contributed by atoms with E-state index in [9.17, 15) is 4.79 Å². The summed E-state index contributed by atoms with van der Waals surface area (Å²) >= 11 is 3.34. The molecule has 0 aromatic carbocycles. The smallest absolute Gasteiger partial charge is 0.204 e. The third-order valence-corrected chi connectivity index (χ3v) is 2.47. The van der Waals surface area contributed by atoms with Crippen LogP contribution in [0.15, 0.2) is 22.3 Å². The summed E-state index contributed by atoms with van der Waals surface area (Å²) in [6.45, 7) is 7.81. The van der Waals surface area contributed by atoms with Crippen molar-refractivity contribution in [3.8, 4) is 0 Å². The van der Waals surface area contributed by atoms with E-state index in [4.69, 9.17) is 0 Å². The van der Waals surface area contributed by atoms with E-state index in [0.29, 0.717) is 5.69 Å². The normalized spacial score (nSPS) is 10.5. The summed E-state index contributed by atoms with van der Waals surface area (Å²) in [5.41, 5.74) is 1.61. The number of halogens is 1. The van der Waals surface area contributed by atoms with Gasteiger partial charge in [-0.15, -0.1) is 0 Å². The number of rotatable bonds is 3. The Labute approximate surface area is 98.3 Å². The molecule has 0 bridgehead atoms. The first-order chi connectivity index (χ1) is 6.93. The Kier molecular flexibility index (Phi) is 3.85. The standard InChI is InChI=1S/C11H15BrN2O/c1-7(2)5-10(15)11-9(12)6-13-14(11)8(3)4/h5-6,8H,1-4H3. The van der Waals surface area contributed by atoms with E-state index in [2.05, 4.69) is 21.0 Å². The van der Waals surface area contributed by atoms with Crippen molar-refractivity contribution in [2.45, 2.75) is 33.7 Å². The van der Waals surface area contributed by atoms with E-state index in [1.807, 2.05) is 27.7 Å². The summed E-state index contributed by atoms with van der Waals surface area (Å²) in [7, 11) is 0. The van der Waals surface area contributed by atoms with Crippen LogP contribution in [0.1, 0.15) is 44.2 Å². The summed E-state index contributed by atoms with van der Waals surface area (Å²) in [5.74, 6) is -0.00641. The Bertz CT molecular complexity index is 401. The molecule has 3 nitrogen and oxygen atoms in total. The summed E-state index contributed by atoms with van der Waals surface area (Å²) in [5, 5.41) is 4.16. The predicted octanol–water partition coefficient (Wildman–Crippen LogP) is 3.38. The third kappa shape index (κ3) is 2.78. The minimum atomic E-state index is -0.00641. The fraction of sp³-hybridized carbons (Fsp3) is 0.455. The highest BCUT2D eigenvalue weighted by atomic mass is 79.9. The van der Waals surface area contributed by atoms with Crippen molar-refractivity contribution >= 4 is 21.7 Å². The van der Waals surface area contributed by atoms with Crippen LogP contribution >= 0.6 is 15.9 Å². The van der Waals surface area contributed by atoms with Gasteiger partial charge in [-0.2, -0.15) is 5.10 Å². The lowest BCUT2D eigenvalue weighted by atomic mass is 10.2. The first-order valence-corrected chi connectivity index (χ1v) is 5.65. The van der Waals surface area contributed by atoms with Crippen molar-refractivity contribution in [3.05, 3.63) is 28.0 Å². The number of nitrogens with zero attached hydrogens (tertiary/aromatic N) is 2. The third-order valence-electron chi connectivity index (χ3n) is 1.89. The van der Waals surface area contributed by atoms with Gasteiger partial charge in [0.25, 0.3) is 0 Å². The first-order valence-electron chi connectivity index (χ1n) is 4.85. The Hall–Kier alpha value is -0.900. The molecule has 0 atom stereocenters. The van der Waals surface area contributed by atoms with Crippen molar-refractivity contribution in [3.63, 3.8) is 0 Å². The van der Waals surface area contributed by atoms with Crippen LogP contribution in [-0.4, -0.2) is 15.6 Å². The zero-order valence-corrected chi connectivity index (χ0v) is 11.0. The van der Waals surface area contributed by atoms with Gasteiger partial charge in [0.2, 0.25) is 5.78 Å². The van der Waals surface area contributed by atoms with Gasteiger partial charge in [-0.05, 0) is 49.7 Å². The van der Waals surface area contributed by atoms with Crippen LogP contribution in [0.2, 0.25) is 0 Å². The maximum Gasteiger partial charge on any atom is 0.204 e. The molecule has 15 heavy (non-hydrogen) atoms. The fourth-order valence-electron chi connectivity index (χ4n) is 1.29. The van der Waals surface area contributed by atoms with E-state index in [-0.39, 0.29) is 11.8 Å². The van der Waals surface area contributed by atoms with Crippen molar-refractivity contribution < 1.29 is 4.79 Å². The Morgan fingerprint density at radius 2 is 2.13 bits per heavy atom. The van der Waals surface area contributed by atoms with Crippen molar-refractivity contribution in [2.24, 2.45) is 0 Å². The molecule has 0 fully saturated rings. The van der Waals surface area contributed by atoms with Crippen LogP contribution in [0, 0.1) is 0 Å². The zero-order chi connectivity index (χ0) is 11.6. The maximum atomic E-state index is 11.9. The van der Waals surface area contributed by atoms with E-state index in [1.54, 1.807) is 17.0 Å². The molecule has 0 radical (unpaired) electrons. The van der Waals surface area contributed by atoms with E-state index >= 15 is 0 Å². The highest BCUT2D eigenvalue weighted by Gasteiger charge is 2.16. The predicted molar refractivity (Wildman–Crippen MR) is 64.1 cm³/mol. The zero-order valence-electron chi connectivity index (χ0n) is 9.41. The summed E-state index contributed by atoms with van der Waals surface area (Å²) in [4.78, 5) is 11.9. The summed E-state index contributed by atoms with van der Waals surface area (Å²) in [6, 6.07) is 0.181. The van der Waals surface area contributed by atoms with Gasteiger partial charge >= 0.3 is 0 Å². The van der Waals surface area contributed by atoms with Gasteiger partial charge in [0, 0.05) is 6.04 Å². The second-order valence-electron chi connectivity index (χ2n) is 3.97. The molecule has 0 unspecified atom stereocenters. The average Bonchev–Trinajstić information content (AvgIpc) is 2.45. The molecule has 0 spiro atoms. The lowest BCUT2D eigenvalue weighted by Gasteiger charge is -2.09. The molecular weight excluding hydrogens is 256 g/mol. The quantitative estimate of drug-likeness (QED) is 0.624. The number of allylic oxidation sites excluding steroid dienone is 2. The lowest BCUT2D eigenvalue weighted by molar-refractivity contribution is 0.103. The first kappa shape index (κ1) is 12.2. The summed E-state index contributed by atoms with van der Waals surface area (Å²) < 4.78 is 2.48. The number of ketones is 1. The van der Waals surface area contributed by atoms with E-state index < -0.39 is 0 Å². The van der Waals surface area contributed by atoms with Crippen LogP contribution < -0.4 is 0 Å². The highest BCUT2D eigenvalue weighted by molar-refractivity contribution is 9.10. The maximum absolute atomic E-state index is 11.9. The molecule has 82 valence electrons. The molecule has 1 heterocycles. The Morgan fingerprint density at radius 3 is 2.60 bits per heavy atom. The van der Waals surface area contributed by atoms with Crippen molar-refractivity contribution in [1.82, 2.24) is 9.78 Å². The fourth-order valence-corrected chi connectivity index (χ4v) is 1.76. The van der Waals surface area contributed by atoms with Gasteiger partial charge in [0.05, 0.1) is 10.7 Å². The second-order valence-corrected chi connectivity index (χ2v) is 4.82. The molecule has 1 aromatic heterocycles. The number of hydrogen-bond donors (Lipinski definition) is 0. The molecule has 0 aliphatic carbocycles. The van der Waals surface area contributed by atoms with Crippen LogP contribution in [0.25, 0.3) is 0 Å². The molecule has 1 rings (SSSR count). The lowest BCUT2D eigenvalue weighted by Crippen LogP contribution is -2.11. The van der Waals surface area contributed by atoms with E-state index in [1.165, 1.54) is 0 Å². The second kappa shape index (κ2) is 4.75. The van der Waals surface area contributed by atoms with Gasteiger partial charge in [-0.25, -0.2) is 0 Å². The summed E-state index contributed by atoms with van der Waals surface area (Å²) in [6.07, 6.45) is 3.28. The molecule has 0 amide bonds. The topological polar surface area (TPSA) is 34.9 Å². The van der Waals surface area contributed by atoms with E-state index in [0.717, 1.165) is 10.0 Å². The van der Waals surface area contributed by atoms with Crippen LogP contribution in [0.4, 0.5) is 0 Å². The molecule has 0 N–H and O–H groups in total. The minimum Gasteiger partial charge on any atom is -0.288 e. The molecule has 0 saturated carbocycles. The Morgan fingerprint density at radius 1 is 1.53 bits per heavy atom. The largest absolute Gasteiger partial charge is 0.288 e.